The molecule has 0 N–H and O–H groups in total. The zero-order valence-corrected chi connectivity index (χ0v) is 32.5. The predicted molar refractivity (Wildman–Crippen MR) is 232 cm³/mol. The summed E-state index contributed by atoms with van der Waals surface area (Å²) in [6, 6.07) is 46.2. The number of fused-ring (bicyclic) bond motifs is 2. The Morgan fingerprint density at radius 2 is 1.24 bits per heavy atom. The number of hydrogen-bond donors (Lipinski definition) is 0. The van der Waals surface area contributed by atoms with Gasteiger partial charge in [0.1, 0.15) is 0 Å². The van der Waals surface area contributed by atoms with Crippen LogP contribution in [0.25, 0.3) is 40.1 Å². The Morgan fingerprint density at radius 3 is 2.00 bits per heavy atom. The average Bonchev–Trinajstić information content (AvgIpc) is 3.65. The fourth-order valence-electron chi connectivity index (χ4n) is 9.84. The molecule has 10 rings (SSSR count). The van der Waals surface area contributed by atoms with E-state index < -0.39 is 0 Å². The fourth-order valence-corrected chi connectivity index (χ4v) is 9.84. The molecule has 0 bridgehead atoms. The average molecular weight is 699 g/mol. The minimum Gasteiger partial charge on any atom is -0.0683 e. The van der Waals surface area contributed by atoms with Gasteiger partial charge in [-0.25, -0.2) is 0 Å². The largest absolute Gasteiger partial charge is 0.0683 e. The number of benzene rings is 6. The van der Waals surface area contributed by atoms with Crippen molar-refractivity contribution in [3.63, 3.8) is 0 Å². The fraction of sp³-hybridized carbons (Fsp3) is 0.222. The van der Waals surface area contributed by atoms with Crippen LogP contribution < -0.4 is 10.4 Å². The SMILES string of the molecule is C/C(=C\c1ccccc1C)C1CC(C2=Cc3ccccc3CC2)=c2ccc3c4c(ccc1c24)=C(c1ccc(C)cc1)CC3C1=Cc2ccccc2C1.CC. The number of allylic oxidation sites excluding steroid dienone is 3. The van der Waals surface area contributed by atoms with Crippen LogP contribution in [-0.4, -0.2) is 0 Å². The minimum atomic E-state index is 0.308. The highest BCUT2D eigenvalue weighted by molar-refractivity contribution is 5.99. The van der Waals surface area contributed by atoms with Crippen molar-refractivity contribution in [2.45, 2.75) is 78.6 Å². The molecule has 0 fully saturated rings. The maximum Gasteiger partial charge on any atom is 0.0102 e. The normalized spacial score (nSPS) is 18.4. The van der Waals surface area contributed by atoms with Crippen molar-refractivity contribution in [3.8, 4) is 0 Å². The minimum absolute atomic E-state index is 0.308. The summed E-state index contributed by atoms with van der Waals surface area (Å²) in [7, 11) is 0. The van der Waals surface area contributed by atoms with Crippen LogP contribution in [-0.2, 0) is 12.8 Å². The Labute approximate surface area is 321 Å². The Morgan fingerprint density at radius 1 is 0.593 bits per heavy atom. The molecule has 0 heteroatoms. The molecule has 0 amide bonds. The van der Waals surface area contributed by atoms with Gasteiger partial charge in [-0.2, -0.15) is 0 Å². The third-order valence-electron chi connectivity index (χ3n) is 12.6. The molecule has 0 radical (unpaired) electrons. The van der Waals surface area contributed by atoms with E-state index in [1.807, 2.05) is 13.8 Å². The summed E-state index contributed by atoms with van der Waals surface area (Å²) < 4.78 is 0. The molecule has 0 nitrogen and oxygen atoms in total. The third kappa shape index (κ3) is 5.84. The zero-order chi connectivity index (χ0) is 36.9. The van der Waals surface area contributed by atoms with Gasteiger partial charge in [0, 0.05) is 11.8 Å². The van der Waals surface area contributed by atoms with Crippen molar-refractivity contribution < 1.29 is 0 Å². The molecule has 2 unspecified atom stereocenters. The smallest absolute Gasteiger partial charge is 0.0102 e. The summed E-state index contributed by atoms with van der Waals surface area (Å²) >= 11 is 0. The molecule has 54 heavy (non-hydrogen) atoms. The molecule has 2 atom stereocenters. The Bertz CT molecular complexity index is 2670. The second kappa shape index (κ2) is 14.1. The van der Waals surface area contributed by atoms with Gasteiger partial charge in [0.15, 0.2) is 0 Å². The van der Waals surface area contributed by atoms with Crippen LogP contribution in [0.4, 0.5) is 0 Å². The molecule has 0 heterocycles. The summed E-state index contributed by atoms with van der Waals surface area (Å²) in [5.41, 5.74) is 21.6. The highest BCUT2D eigenvalue weighted by Gasteiger charge is 2.33. The summed E-state index contributed by atoms with van der Waals surface area (Å²) in [4.78, 5) is 0. The molecule has 4 aliphatic rings. The molecular weight excluding hydrogens is 649 g/mol. The van der Waals surface area contributed by atoms with E-state index in [-0.39, 0.29) is 0 Å². The quantitative estimate of drug-likeness (QED) is 0.168. The predicted octanol–water partition coefficient (Wildman–Crippen LogP) is 12.6. The lowest BCUT2D eigenvalue weighted by atomic mass is 9.70. The first-order valence-corrected chi connectivity index (χ1v) is 20.2. The number of hydrogen-bond acceptors (Lipinski definition) is 0. The maximum atomic E-state index is 2.53. The lowest BCUT2D eigenvalue weighted by molar-refractivity contribution is 0.791. The van der Waals surface area contributed by atoms with Gasteiger partial charge < -0.3 is 0 Å². The van der Waals surface area contributed by atoms with E-state index in [1.54, 1.807) is 11.1 Å². The summed E-state index contributed by atoms with van der Waals surface area (Å²) in [5.74, 6) is 0.649. The molecular formula is C54H50. The molecule has 6 aromatic rings. The van der Waals surface area contributed by atoms with Gasteiger partial charge in [-0.05, 0) is 141 Å². The van der Waals surface area contributed by atoms with Crippen molar-refractivity contribution in [1.29, 1.82) is 0 Å². The van der Waals surface area contributed by atoms with E-state index in [0.29, 0.717) is 11.8 Å². The van der Waals surface area contributed by atoms with Crippen molar-refractivity contribution in [2.24, 2.45) is 0 Å². The molecule has 0 spiro atoms. The summed E-state index contributed by atoms with van der Waals surface area (Å²) in [6.45, 7) is 10.8. The molecule has 0 aliphatic heterocycles. The highest BCUT2D eigenvalue weighted by atomic mass is 14.4. The van der Waals surface area contributed by atoms with Crippen LogP contribution in [0.1, 0.15) is 108 Å². The maximum absolute atomic E-state index is 2.53. The second-order valence-corrected chi connectivity index (χ2v) is 15.7. The number of rotatable bonds is 5. The van der Waals surface area contributed by atoms with Gasteiger partial charge >= 0.3 is 0 Å². The lowest BCUT2D eigenvalue weighted by Crippen LogP contribution is -2.28. The van der Waals surface area contributed by atoms with Gasteiger partial charge in [-0.15, -0.1) is 0 Å². The van der Waals surface area contributed by atoms with E-state index >= 15 is 0 Å². The van der Waals surface area contributed by atoms with Gasteiger partial charge in [-0.1, -0.05) is 170 Å². The first-order valence-electron chi connectivity index (χ1n) is 20.2. The molecule has 0 saturated carbocycles. The summed E-state index contributed by atoms with van der Waals surface area (Å²) in [5, 5.41) is 5.86. The van der Waals surface area contributed by atoms with Crippen molar-refractivity contribution in [1.82, 2.24) is 0 Å². The van der Waals surface area contributed by atoms with Crippen LogP contribution in [0, 0.1) is 13.8 Å². The Balaban J connectivity index is 0.00000189. The lowest BCUT2D eigenvalue weighted by Gasteiger charge is -2.33. The molecule has 4 aliphatic carbocycles. The van der Waals surface area contributed by atoms with E-state index in [2.05, 4.69) is 160 Å². The molecule has 6 aromatic carbocycles. The van der Waals surface area contributed by atoms with Crippen LogP contribution in [0.2, 0.25) is 0 Å². The van der Waals surface area contributed by atoms with E-state index in [9.17, 15) is 0 Å². The zero-order valence-electron chi connectivity index (χ0n) is 32.5. The van der Waals surface area contributed by atoms with E-state index in [4.69, 9.17) is 0 Å². The monoisotopic (exact) mass is 698 g/mol. The van der Waals surface area contributed by atoms with Gasteiger partial charge in [0.2, 0.25) is 0 Å². The standard InChI is InChI=1S/C52H44.C2H6/c1-32-16-18-36(19-17-32)48-31-50(42-28-39-14-8-9-15-40(39)29-42)46-25-24-45-49(41-21-20-35-11-6-7-13-38(35)27-41)30-47(43-22-23-44(48)52(46)51(43)45)34(3)26-37-12-5-4-10-33(37)2;1-2/h4-19,22-28,47,50H,20-21,29-31H2,1-3H3;1-2H3/b34-26+;. The van der Waals surface area contributed by atoms with Crippen LogP contribution in [0.15, 0.2) is 138 Å². The topological polar surface area (TPSA) is 0 Å². The van der Waals surface area contributed by atoms with Gasteiger partial charge in [-0.3, -0.25) is 0 Å². The van der Waals surface area contributed by atoms with Crippen LogP contribution in [0.3, 0.4) is 0 Å². The first-order chi connectivity index (χ1) is 26.5. The first kappa shape index (κ1) is 34.3. The van der Waals surface area contributed by atoms with Crippen molar-refractivity contribution in [2.75, 3.05) is 0 Å². The van der Waals surface area contributed by atoms with E-state index in [0.717, 1.165) is 32.1 Å². The molecule has 0 aromatic heterocycles. The van der Waals surface area contributed by atoms with Crippen LogP contribution in [0.5, 0.6) is 0 Å². The van der Waals surface area contributed by atoms with Gasteiger partial charge in [0.05, 0.1) is 0 Å². The highest BCUT2D eigenvalue weighted by Crippen LogP contribution is 2.47. The molecule has 0 saturated heterocycles. The number of aryl methyl sites for hydroxylation is 3. The Kier molecular flexibility index (Phi) is 8.94. The third-order valence-corrected chi connectivity index (χ3v) is 12.6. The van der Waals surface area contributed by atoms with Crippen molar-refractivity contribution in [3.05, 3.63) is 204 Å². The van der Waals surface area contributed by atoms with E-state index in [1.165, 1.54) is 93.6 Å². The Hall–Kier alpha value is -5.46. The van der Waals surface area contributed by atoms with Gasteiger partial charge in [0.25, 0.3) is 0 Å². The van der Waals surface area contributed by atoms with Crippen LogP contribution >= 0.6 is 0 Å². The molecule has 266 valence electrons. The van der Waals surface area contributed by atoms with Crippen molar-refractivity contribution >= 4 is 40.1 Å². The second-order valence-electron chi connectivity index (χ2n) is 15.7. The summed E-state index contributed by atoms with van der Waals surface area (Å²) in [6.07, 6.45) is 12.8.